The van der Waals surface area contributed by atoms with Crippen LogP contribution in [0.5, 0.6) is 0 Å². The Hall–Kier alpha value is -2.26. The molecule has 3 rings (SSSR count). The molecule has 2 aromatic rings. The highest BCUT2D eigenvalue weighted by atomic mass is 32.2. The minimum absolute atomic E-state index is 0.230. The Kier molecular flexibility index (Phi) is 5.34. The molecular formula is C18H25N5O3S. The largest absolute Gasteiger partial charge is 0.347 e. The van der Waals surface area contributed by atoms with E-state index >= 15 is 0 Å². The van der Waals surface area contributed by atoms with Crippen LogP contribution in [0.2, 0.25) is 0 Å². The molecule has 8 nitrogen and oxygen atoms in total. The molecule has 1 saturated heterocycles. The van der Waals surface area contributed by atoms with Crippen molar-refractivity contribution in [1.82, 2.24) is 24.6 Å². The van der Waals surface area contributed by atoms with Gasteiger partial charge in [0.25, 0.3) is 5.91 Å². The van der Waals surface area contributed by atoms with E-state index in [-0.39, 0.29) is 24.2 Å². The second-order valence-corrected chi connectivity index (χ2v) is 9.13. The first-order chi connectivity index (χ1) is 12.6. The van der Waals surface area contributed by atoms with E-state index < -0.39 is 10.0 Å². The molecule has 0 radical (unpaired) electrons. The van der Waals surface area contributed by atoms with Crippen LogP contribution in [0.3, 0.4) is 0 Å². The molecule has 146 valence electrons. The van der Waals surface area contributed by atoms with Gasteiger partial charge < -0.3 is 5.32 Å². The van der Waals surface area contributed by atoms with Gasteiger partial charge in [-0.05, 0) is 45.2 Å². The molecule has 1 unspecified atom stereocenters. The van der Waals surface area contributed by atoms with E-state index in [0.29, 0.717) is 18.7 Å². The standard InChI is InChI=1S/C18H25N5O3S/c1-12-7-8-16(13(2)10-12)23-20-14(3)17(21-23)18(24)19-15-6-5-9-22(11-15)27(4,25)26/h7-8,10,15H,5-6,9,11H2,1-4H3,(H,19,24). The molecule has 0 bridgehead atoms. The summed E-state index contributed by atoms with van der Waals surface area (Å²) in [5.74, 6) is -0.330. The number of aryl methyl sites for hydroxylation is 3. The summed E-state index contributed by atoms with van der Waals surface area (Å²) in [6.07, 6.45) is 2.64. The van der Waals surface area contributed by atoms with Gasteiger partial charge in [0.15, 0.2) is 5.69 Å². The van der Waals surface area contributed by atoms with E-state index in [2.05, 4.69) is 15.5 Å². The van der Waals surface area contributed by atoms with Crippen LogP contribution in [0, 0.1) is 20.8 Å². The van der Waals surface area contributed by atoms with E-state index in [1.165, 1.54) is 15.4 Å². The molecule has 1 aliphatic heterocycles. The lowest BCUT2D eigenvalue weighted by Crippen LogP contribution is -2.49. The van der Waals surface area contributed by atoms with Gasteiger partial charge in [-0.2, -0.15) is 9.90 Å². The van der Waals surface area contributed by atoms with Crippen molar-refractivity contribution in [3.63, 3.8) is 0 Å². The Morgan fingerprint density at radius 1 is 1.22 bits per heavy atom. The molecule has 2 heterocycles. The summed E-state index contributed by atoms with van der Waals surface area (Å²) in [4.78, 5) is 14.2. The van der Waals surface area contributed by atoms with Gasteiger partial charge in [-0.1, -0.05) is 17.7 Å². The van der Waals surface area contributed by atoms with E-state index in [0.717, 1.165) is 23.2 Å². The maximum Gasteiger partial charge on any atom is 0.274 e. The zero-order chi connectivity index (χ0) is 19.8. The fourth-order valence-corrected chi connectivity index (χ4v) is 4.25. The number of sulfonamides is 1. The molecule has 0 saturated carbocycles. The number of hydrogen-bond donors (Lipinski definition) is 1. The predicted molar refractivity (Wildman–Crippen MR) is 102 cm³/mol. The van der Waals surface area contributed by atoms with Gasteiger partial charge in [0.2, 0.25) is 10.0 Å². The minimum atomic E-state index is -3.26. The molecule has 1 aromatic heterocycles. The van der Waals surface area contributed by atoms with Crippen LogP contribution >= 0.6 is 0 Å². The third-order valence-electron chi connectivity index (χ3n) is 4.75. The average Bonchev–Trinajstić information content (AvgIpc) is 2.96. The fraction of sp³-hybridized carbons (Fsp3) is 0.500. The summed E-state index contributed by atoms with van der Waals surface area (Å²) >= 11 is 0. The molecule has 1 atom stereocenters. The topological polar surface area (TPSA) is 97.2 Å². The lowest BCUT2D eigenvalue weighted by atomic mass is 10.1. The van der Waals surface area contributed by atoms with Gasteiger partial charge in [-0.3, -0.25) is 4.79 Å². The summed E-state index contributed by atoms with van der Waals surface area (Å²) in [6.45, 7) is 6.51. The maximum atomic E-state index is 12.7. The lowest BCUT2D eigenvalue weighted by molar-refractivity contribution is 0.0915. The van der Waals surface area contributed by atoms with E-state index in [9.17, 15) is 13.2 Å². The van der Waals surface area contributed by atoms with Gasteiger partial charge in [-0.15, -0.1) is 5.10 Å². The molecule has 9 heteroatoms. The normalized spacial score (nSPS) is 18.4. The van der Waals surface area contributed by atoms with Crippen LogP contribution in [-0.2, 0) is 10.0 Å². The Labute approximate surface area is 159 Å². The summed E-state index contributed by atoms with van der Waals surface area (Å²) in [7, 11) is -3.26. The first kappa shape index (κ1) is 19.5. The van der Waals surface area contributed by atoms with Crippen molar-refractivity contribution in [2.24, 2.45) is 0 Å². The van der Waals surface area contributed by atoms with Crippen LogP contribution < -0.4 is 5.32 Å². The van der Waals surface area contributed by atoms with Gasteiger partial charge >= 0.3 is 0 Å². The van der Waals surface area contributed by atoms with Crippen molar-refractivity contribution in [1.29, 1.82) is 0 Å². The number of carbonyl (C=O) groups excluding carboxylic acids is 1. The maximum absolute atomic E-state index is 12.7. The first-order valence-electron chi connectivity index (χ1n) is 8.92. The quantitative estimate of drug-likeness (QED) is 0.848. The Morgan fingerprint density at radius 2 is 1.96 bits per heavy atom. The van der Waals surface area contributed by atoms with Gasteiger partial charge in [0.1, 0.15) is 0 Å². The predicted octanol–water partition coefficient (Wildman–Crippen LogP) is 1.35. The lowest BCUT2D eigenvalue weighted by Gasteiger charge is -2.31. The highest BCUT2D eigenvalue weighted by Crippen LogP contribution is 2.17. The third kappa shape index (κ3) is 4.36. The van der Waals surface area contributed by atoms with Crippen LogP contribution in [0.25, 0.3) is 5.69 Å². The molecule has 1 aromatic carbocycles. The van der Waals surface area contributed by atoms with Crippen molar-refractivity contribution < 1.29 is 13.2 Å². The molecule has 1 aliphatic rings. The Balaban J connectivity index is 1.77. The second kappa shape index (κ2) is 7.40. The Bertz CT molecular complexity index is 967. The van der Waals surface area contributed by atoms with Crippen LogP contribution in [0.15, 0.2) is 18.2 Å². The molecular weight excluding hydrogens is 366 g/mol. The summed E-state index contributed by atoms with van der Waals surface area (Å²) in [6, 6.07) is 5.71. The molecule has 1 N–H and O–H groups in total. The molecule has 0 spiro atoms. The summed E-state index contributed by atoms with van der Waals surface area (Å²) < 4.78 is 24.9. The van der Waals surface area contributed by atoms with Crippen molar-refractivity contribution in [3.05, 3.63) is 40.7 Å². The van der Waals surface area contributed by atoms with Crippen LogP contribution in [0.4, 0.5) is 0 Å². The smallest absolute Gasteiger partial charge is 0.274 e. The summed E-state index contributed by atoms with van der Waals surface area (Å²) in [5, 5.41) is 11.6. The highest BCUT2D eigenvalue weighted by Gasteiger charge is 2.28. The number of amides is 1. The SMILES string of the molecule is Cc1ccc(-n2nc(C)c(C(=O)NC3CCCN(S(C)(=O)=O)C3)n2)c(C)c1. The van der Waals surface area contributed by atoms with Gasteiger partial charge in [0.05, 0.1) is 17.6 Å². The van der Waals surface area contributed by atoms with Crippen LogP contribution in [0.1, 0.15) is 40.2 Å². The molecule has 0 aliphatic carbocycles. The average molecular weight is 391 g/mol. The number of hydrogen-bond acceptors (Lipinski definition) is 5. The Morgan fingerprint density at radius 3 is 2.63 bits per heavy atom. The van der Waals surface area contributed by atoms with Gasteiger partial charge in [0, 0.05) is 19.1 Å². The van der Waals surface area contributed by atoms with Gasteiger partial charge in [-0.25, -0.2) is 12.7 Å². The number of piperidine rings is 1. The van der Waals surface area contributed by atoms with Crippen molar-refractivity contribution in [2.45, 2.75) is 39.7 Å². The number of benzene rings is 1. The second-order valence-electron chi connectivity index (χ2n) is 7.15. The molecule has 1 fully saturated rings. The fourth-order valence-electron chi connectivity index (χ4n) is 3.34. The molecule has 27 heavy (non-hydrogen) atoms. The number of rotatable bonds is 4. The molecule has 1 amide bonds. The number of nitrogens with one attached hydrogen (secondary N) is 1. The van der Waals surface area contributed by atoms with E-state index in [4.69, 9.17) is 0 Å². The zero-order valence-electron chi connectivity index (χ0n) is 16.1. The van der Waals surface area contributed by atoms with E-state index in [1.807, 2.05) is 32.0 Å². The van der Waals surface area contributed by atoms with Crippen molar-refractivity contribution in [3.8, 4) is 5.69 Å². The monoisotopic (exact) mass is 391 g/mol. The van der Waals surface area contributed by atoms with Crippen LogP contribution in [-0.4, -0.2) is 59.0 Å². The zero-order valence-corrected chi connectivity index (χ0v) is 16.9. The first-order valence-corrected chi connectivity index (χ1v) is 10.8. The minimum Gasteiger partial charge on any atom is -0.347 e. The number of nitrogens with zero attached hydrogens (tertiary/aromatic N) is 4. The third-order valence-corrected chi connectivity index (χ3v) is 6.02. The number of aromatic nitrogens is 3. The summed E-state index contributed by atoms with van der Waals surface area (Å²) in [5.41, 5.74) is 3.78. The van der Waals surface area contributed by atoms with Crippen molar-refractivity contribution in [2.75, 3.05) is 19.3 Å². The van der Waals surface area contributed by atoms with Crippen molar-refractivity contribution >= 4 is 15.9 Å². The van der Waals surface area contributed by atoms with E-state index in [1.54, 1.807) is 6.92 Å². The highest BCUT2D eigenvalue weighted by molar-refractivity contribution is 7.88. The number of carbonyl (C=O) groups is 1.